The van der Waals surface area contributed by atoms with E-state index >= 15 is 0 Å². The maximum atomic E-state index is 12.1. The first-order chi connectivity index (χ1) is 9.59. The van der Waals surface area contributed by atoms with Crippen molar-refractivity contribution >= 4 is 17.3 Å². The largest absolute Gasteiger partial charge is 0.380 e. The molecule has 5 heteroatoms. The molecule has 1 N–H and O–H groups in total. The van der Waals surface area contributed by atoms with E-state index in [2.05, 4.69) is 10.4 Å². The first-order valence-electron chi connectivity index (χ1n) is 7.63. The van der Waals surface area contributed by atoms with Crippen molar-refractivity contribution in [2.75, 3.05) is 5.32 Å². The van der Waals surface area contributed by atoms with Crippen LogP contribution in [0.15, 0.2) is 11.0 Å². The van der Waals surface area contributed by atoms with Gasteiger partial charge in [0.25, 0.3) is 5.56 Å². The monoisotopic (exact) mass is 297 g/mol. The summed E-state index contributed by atoms with van der Waals surface area (Å²) in [4.78, 5) is 12.1. The number of anilines is 1. The van der Waals surface area contributed by atoms with Crippen LogP contribution in [0.2, 0.25) is 5.02 Å². The molecule has 1 fully saturated rings. The number of nitrogens with one attached hydrogen (secondary N) is 1. The minimum absolute atomic E-state index is 0.0236. The molecule has 0 bridgehead atoms. The fraction of sp³-hybridized carbons (Fsp3) is 0.733. The van der Waals surface area contributed by atoms with Crippen LogP contribution in [0, 0.1) is 0 Å². The highest BCUT2D eigenvalue weighted by Gasteiger charge is 2.16. The highest BCUT2D eigenvalue weighted by Crippen LogP contribution is 2.23. The van der Waals surface area contributed by atoms with Crippen molar-refractivity contribution in [2.24, 2.45) is 0 Å². The van der Waals surface area contributed by atoms with Crippen molar-refractivity contribution in [3.63, 3.8) is 0 Å². The number of rotatable bonds is 3. The minimum atomic E-state index is -0.211. The molecule has 1 heterocycles. The SMILES string of the molecule is CC(C)n1ncc(NC2CCCCCCC2)c(Cl)c1=O. The van der Waals surface area contributed by atoms with Crippen LogP contribution in [-0.2, 0) is 0 Å². The Balaban J connectivity index is 2.12. The molecule has 0 aromatic carbocycles. The molecule has 0 radical (unpaired) electrons. The Kier molecular flexibility index (Phi) is 5.46. The molecule has 0 atom stereocenters. The zero-order valence-corrected chi connectivity index (χ0v) is 13.1. The lowest BCUT2D eigenvalue weighted by atomic mass is 9.96. The summed E-state index contributed by atoms with van der Waals surface area (Å²) in [6.45, 7) is 3.85. The molecule has 112 valence electrons. The van der Waals surface area contributed by atoms with Crippen LogP contribution < -0.4 is 10.9 Å². The van der Waals surface area contributed by atoms with Crippen LogP contribution >= 0.6 is 11.6 Å². The Morgan fingerprint density at radius 1 is 1.25 bits per heavy atom. The Bertz CT molecular complexity index is 490. The Hall–Kier alpha value is -1.03. The predicted octanol–water partition coefficient (Wildman–Crippen LogP) is 4.00. The summed E-state index contributed by atoms with van der Waals surface area (Å²) >= 11 is 6.20. The fourth-order valence-corrected chi connectivity index (χ4v) is 2.92. The third-order valence-electron chi connectivity index (χ3n) is 3.90. The second-order valence-corrected chi connectivity index (χ2v) is 6.28. The van der Waals surface area contributed by atoms with Crippen LogP contribution in [0.3, 0.4) is 0 Å². The molecule has 20 heavy (non-hydrogen) atoms. The lowest BCUT2D eigenvalue weighted by Gasteiger charge is -2.22. The quantitative estimate of drug-likeness (QED) is 0.917. The summed E-state index contributed by atoms with van der Waals surface area (Å²) in [5, 5.41) is 7.88. The standard InChI is InChI=1S/C15H24ClN3O/c1-11(2)19-15(20)14(16)13(10-17-19)18-12-8-6-4-3-5-7-9-12/h10-12,18H,3-9H2,1-2H3. The van der Waals surface area contributed by atoms with Gasteiger partial charge in [-0.2, -0.15) is 5.10 Å². The Morgan fingerprint density at radius 2 is 1.85 bits per heavy atom. The molecular weight excluding hydrogens is 274 g/mol. The lowest BCUT2D eigenvalue weighted by molar-refractivity contribution is 0.470. The zero-order chi connectivity index (χ0) is 14.5. The molecule has 2 rings (SSSR count). The van der Waals surface area contributed by atoms with Crippen molar-refractivity contribution in [3.05, 3.63) is 21.6 Å². The van der Waals surface area contributed by atoms with Gasteiger partial charge in [-0.25, -0.2) is 4.68 Å². The van der Waals surface area contributed by atoms with E-state index < -0.39 is 0 Å². The van der Waals surface area contributed by atoms with Crippen LogP contribution in [0.5, 0.6) is 0 Å². The van der Waals surface area contributed by atoms with Gasteiger partial charge in [0.05, 0.1) is 17.9 Å². The maximum absolute atomic E-state index is 12.1. The third-order valence-corrected chi connectivity index (χ3v) is 4.26. The predicted molar refractivity (Wildman–Crippen MR) is 83.6 cm³/mol. The van der Waals surface area contributed by atoms with E-state index in [1.165, 1.54) is 36.8 Å². The van der Waals surface area contributed by atoms with Gasteiger partial charge in [-0.3, -0.25) is 4.79 Å². The lowest BCUT2D eigenvalue weighted by Crippen LogP contribution is -2.28. The average Bonchev–Trinajstić information content (AvgIpc) is 2.37. The van der Waals surface area contributed by atoms with E-state index in [4.69, 9.17) is 11.6 Å². The molecule has 0 spiro atoms. The second kappa shape index (κ2) is 7.11. The second-order valence-electron chi connectivity index (χ2n) is 5.90. The maximum Gasteiger partial charge on any atom is 0.287 e. The summed E-state index contributed by atoms with van der Waals surface area (Å²) in [5.74, 6) is 0. The molecule has 0 amide bonds. The van der Waals surface area contributed by atoms with Gasteiger partial charge in [-0.05, 0) is 26.7 Å². The highest BCUT2D eigenvalue weighted by molar-refractivity contribution is 6.32. The van der Waals surface area contributed by atoms with Gasteiger partial charge in [0.2, 0.25) is 0 Å². The zero-order valence-electron chi connectivity index (χ0n) is 12.4. The molecule has 0 aliphatic heterocycles. The number of aromatic nitrogens is 2. The van der Waals surface area contributed by atoms with E-state index in [1.807, 2.05) is 13.8 Å². The molecule has 1 aliphatic carbocycles. The third kappa shape index (κ3) is 3.75. The minimum Gasteiger partial charge on any atom is -0.380 e. The number of hydrogen-bond donors (Lipinski definition) is 1. The van der Waals surface area contributed by atoms with Gasteiger partial charge < -0.3 is 5.32 Å². The van der Waals surface area contributed by atoms with Gasteiger partial charge in [-0.1, -0.05) is 43.7 Å². The van der Waals surface area contributed by atoms with E-state index in [0.717, 1.165) is 12.8 Å². The van der Waals surface area contributed by atoms with E-state index in [1.54, 1.807) is 6.20 Å². The van der Waals surface area contributed by atoms with Gasteiger partial charge in [-0.15, -0.1) is 0 Å². The van der Waals surface area contributed by atoms with Crippen molar-refractivity contribution in [1.29, 1.82) is 0 Å². The van der Waals surface area contributed by atoms with Gasteiger partial charge in [0.15, 0.2) is 0 Å². The number of hydrogen-bond acceptors (Lipinski definition) is 3. The molecule has 1 aromatic rings. The van der Waals surface area contributed by atoms with Crippen LogP contribution in [0.1, 0.15) is 64.8 Å². The molecule has 0 saturated heterocycles. The topological polar surface area (TPSA) is 46.9 Å². The molecular formula is C15H24ClN3O. The van der Waals surface area contributed by atoms with Crippen LogP contribution in [-0.4, -0.2) is 15.8 Å². The summed E-state index contributed by atoms with van der Waals surface area (Å²) < 4.78 is 1.42. The molecule has 1 saturated carbocycles. The van der Waals surface area contributed by atoms with Gasteiger partial charge >= 0.3 is 0 Å². The molecule has 0 unspecified atom stereocenters. The summed E-state index contributed by atoms with van der Waals surface area (Å²) in [6, 6.07) is 0.430. The summed E-state index contributed by atoms with van der Waals surface area (Å²) in [7, 11) is 0. The smallest absolute Gasteiger partial charge is 0.287 e. The first-order valence-corrected chi connectivity index (χ1v) is 8.01. The van der Waals surface area contributed by atoms with E-state index in [-0.39, 0.29) is 16.6 Å². The van der Waals surface area contributed by atoms with Crippen LogP contribution in [0.25, 0.3) is 0 Å². The Labute approximate surface area is 125 Å². The number of halogens is 1. The molecule has 1 aromatic heterocycles. The van der Waals surface area contributed by atoms with Crippen molar-refractivity contribution in [2.45, 2.75) is 70.9 Å². The fourth-order valence-electron chi connectivity index (χ4n) is 2.73. The first kappa shape index (κ1) is 15.4. The van der Waals surface area contributed by atoms with E-state index in [9.17, 15) is 4.79 Å². The van der Waals surface area contributed by atoms with Crippen molar-refractivity contribution in [3.8, 4) is 0 Å². The van der Waals surface area contributed by atoms with Gasteiger partial charge in [0, 0.05) is 6.04 Å². The van der Waals surface area contributed by atoms with E-state index in [0.29, 0.717) is 11.7 Å². The molecule has 1 aliphatic rings. The number of nitrogens with zero attached hydrogens (tertiary/aromatic N) is 2. The van der Waals surface area contributed by atoms with Crippen LogP contribution in [0.4, 0.5) is 5.69 Å². The summed E-state index contributed by atoms with van der Waals surface area (Å²) in [6.07, 6.45) is 10.4. The van der Waals surface area contributed by atoms with Crippen molar-refractivity contribution < 1.29 is 0 Å². The average molecular weight is 298 g/mol. The Morgan fingerprint density at radius 3 is 2.45 bits per heavy atom. The highest BCUT2D eigenvalue weighted by atomic mass is 35.5. The normalized spacial score (nSPS) is 17.8. The van der Waals surface area contributed by atoms with Crippen molar-refractivity contribution in [1.82, 2.24) is 9.78 Å². The van der Waals surface area contributed by atoms with Gasteiger partial charge in [0.1, 0.15) is 5.02 Å². The molecule has 4 nitrogen and oxygen atoms in total. The summed E-state index contributed by atoms with van der Waals surface area (Å²) in [5.41, 5.74) is 0.469.